The molecule has 1 aliphatic heterocycles. The second-order valence-corrected chi connectivity index (χ2v) is 5.90. The van der Waals surface area contributed by atoms with Crippen LogP contribution in [0.4, 0.5) is 0 Å². The van der Waals surface area contributed by atoms with Crippen molar-refractivity contribution >= 4 is 0 Å². The highest BCUT2D eigenvalue weighted by molar-refractivity contribution is 5.42. The number of piperidine rings is 1. The first-order valence-corrected chi connectivity index (χ1v) is 7.67. The summed E-state index contributed by atoms with van der Waals surface area (Å²) in [5, 5.41) is 19.2. The molecule has 1 saturated heterocycles. The predicted molar refractivity (Wildman–Crippen MR) is 82.1 cm³/mol. The molecule has 0 spiro atoms. The first kappa shape index (κ1) is 15.8. The smallest absolute Gasteiger partial charge is 0.137 e. The van der Waals surface area contributed by atoms with Crippen molar-refractivity contribution in [2.75, 3.05) is 13.2 Å². The van der Waals surface area contributed by atoms with E-state index in [4.69, 9.17) is 10.00 Å². The minimum Gasteiger partial charge on any atom is -0.489 e. The number of likely N-dealkylation sites (tertiary alicyclic amines) is 1. The van der Waals surface area contributed by atoms with Crippen LogP contribution < -0.4 is 4.74 Å². The zero-order chi connectivity index (χ0) is 15.2. The van der Waals surface area contributed by atoms with Crippen molar-refractivity contribution in [3.8, 4) is 11.8 Å². The maximum Gasteiger partial charge on any atom is 0.137 e. The Morgan fingerprint density at radius 3 is 2.67 bits per heavy atom. The molecule has 0 bridgehead atoms. The van der Waals surface area contributed by atoms with Crippen molar-refractivity contribution in [2.45, 2.75) is 51.3 Å². The van der Waals surface area contributed by atoms with Crippen molar-refractivity contribution in [1.29, 1.82) is 5.26 Å². The first-order valence-electron chi connectivity index (χ1n) is 7.67. The molecule has 0 amide bonds. The van der Waals surface area contributed by atoms with Crippen molar-refractivity contribution in [1.82, 2.24) is 4.90 Å². The Labute approximate surface area is 127 Å². The molecule has 3 atom stereocenters. The van der Waals surface area contributed by atoms with E-state index in [2.05, 4.69) is 24.8 Å². The summed E-state index contributed by atoms with van der Waals surface area (Å²) in [6.45, 7) is 5.27. The Hall–Kier alpha value is -1.57. The van der Waals surface area contributed by atoms with Crippen LogP contribution in [-0.4, -0.2) is 41.3 Å². The van der Waals surface area contributed by atoms with Crippen LogP contribution in [0.15, 0.2) is 24.3 Å². The van der Waals surface area contributed by atoms with Gasteiger partial charge in [-0.3, -0.25) is 4.90 Å². The number of ether oxygens (including phenoxy) is 1. The first-order chi connectivity index (χ1) is 10.1. The number of nitrogens with zero attached hydrogens (tertiary/aromatic N) is 2. The summed E-state index contributed by atoms with van der Waals surface area (Å²) >= 11 is 0. The van der Waals surface area contributed by atoms with Gasteiger partial charge in [0, 0.05) is 18.6 Å². The lowest BCUT2D eigenvalue weighted by molar-refractivity contribution is 0.0208. The van der Waals surface area contributed by atoms with E-state index >= 15 is 0 Å². The number of β-amino-alcohol motifs (C(OH)–C–C–N with tert-alkyl or cyclic N) is 1. The Bertz CT molecular complexity index is 488. The van der Waals surface area contributed by atoms with Crippen LogP contribution >= 0.6 is 0 Å². The van der Waals surface area contributed by atoms with Gasteiger partial charge in [-0.2, -0.15) is 5.26 Å². The van der Waals surface area contributed by atoms with E-state index in [-0.39, 0.29) is 6.61 Å². The number of benzene rings is 1. The summed E-state index contributed by atoms with van der Waals surface area (Å²) in [6.07, 6.45) is 3.10. The largest absolute Gasteiger partial charge is 0.489 e. The zero-order valence-electron chi connectivity index (χ0n) is 12.8. The molecule has 0 saturated carbocycles. The molecule has 1 aromatic carbocycles. The van der Waals surface area contributed by atoms with Crippen LogP contribution in [0.3, 0.4) is 0 Å². The number of hydrogen-bond acceptors (Lipinski definition) is 4. The third kappa shape index (κ3) is 4.20. The van der Waals surface area contributed by atoms with Gasteiger partial charge in [0.05, 0.1) is 5.56 Å². The van der Waals surface area contributed by atoms with Crippen molar-refractivity contribution in [2.24, 2.45) is 0 Å². The van der Waals surface area contributed by atoms with Crippen LogP contribution in [-0.2, 0) is 0 Å². The molecule has 1 N–H and O–H groups in total. The van der Waals surface area contributed by atoms with Gasteiger partial charge in [-0.05, 0) is 38.8 Å². The van der Waals surface area contributed by atoms with Crippen LogP contribution in [0.25, 0.3) is 0 Å². The van der Waals surface area contributed by atoms with E-state index in [9.17, 15) is 5.11 Å². The molecule has 114 valence electrons. The number of rotatable bonds is 5. The van der Waals surface area contributed by atoms with Gasteiger partial charge in [-0.15, -0.1) is 0 Å². The van der Waals surface area contributed by atoms with Gasteiger partial charge in [-0.25, -0.2) is 0 Å². The quantitative estimate of drug-likeness (QED) is 0.904. The molecule has 3 unspecified atom stereocenters. The standard InChI is InChI=1S/C17H24N2O2/c1-13-6-5-7-14(2)19(13)11-16(20)12-21-17-9-4-3-8-15(17)10-18/h3-4,8-9,13-14,16,20H,5-7,11-12H2,1-2H3. The lowest BCUT2D eigenvalue weighted by atomic mass is 9.97. The van der Waals surface area contributed by atoms with Crippen molar-refractivity contribution in [3.05, 3.63) is 29.8 Å². The molecular weight excluding hydrogens is 264 g/mol. The molecule has 21 heavy (non-hydrogen) atoms. The van der Waals surface area contributed by atoms with Gasteiger partial charge in [-0.1, -0.05) is 18.6 Å². The highest BCUT2D eigenvalue weighted by Gasteiger charge is 2.26. The molecule has 4 heteroatoms. The predicted octanol–water partition coefficient (Wildman–Crippen LogP) is 2.56. The topological polar surface area (TPSA) is 56.5 Å². The summed E-state index contributed by atoms with van der Waals surface area (Å²) in [5.41, 5.74) is 0.504. The second kappa shape index (κ2) is 7.44. The molecule has 1 aromatic rings. The molecule has 1 heterocycles. The maximum absolute atomic E-state index is 10.2. The third-order valence-corrected chi connectivity index (χ3v) is 4.24. The lowest BCUT2D eigenvalue weighted by Gasteiger charge is -2.40. The fraction of sp³-hybridized carbons (Fsp3) is 0.588. The molecular formula is C17H24N2O2. The summed E-state index contributed by atoms with van der Waals surface area (Å²) in [6, 6.07) is 10.2. The van der Waals surface area contributed by atoms with E-state index in [1.54, 1.807) is 18.2 Å². The lowest BCUT2D eigenvalue weighted by Crippen LogP contribution is -2.48. The number of aliphatic hydroxyl groups is 1. The van der Waals surface area contributed by atoms with Crippen LogP contribution in [0.1, 0.15) is 38.7 Å². The summed E-state index contributed by atoms with van der Waals surface area (Å²) < 4.78 is 5.60. The highest BCUT2D eigenvalue weighted by Crippen LogP contribution is 2.23. The van der Waals surface area contributed by atoms with Crippen LogP contribution in [0, 0.1) is 11.3 Å². The van der Waals surface area contributed by atoms with Gasteiger partial charge < -0.3 is 9.84 Å². The Balaban J connectivity index is 1.87. The normalized spacial score (nSPS) is 24.3. The third-order valence-electron chi connectivity index (χ3n) is 4.24. The summed E-state index contributed by atoms with van der Waals surface area (Å²) in [5.74, 6) is 0.541. The van der Waals surface area contributed by atoms with Gasteiger partial charge in [0.25, 0.3) is 0 Å². The molecule has 1 aliphatic rings. The van der Waals surface area contributed by atoms with Gasteiger partial charge in [0.1, 0.15) is 24.5 Å². The maximum atomic E-state index is 10.2. The van der Waals surface area contributed by atoms with E-state index in [1.807, 2.05) is 6.07 Å². The summed E-state index contributed by atoms with van der Waals surface area (Å²) in [7, 11) is 0. The Kier molecular flexibility index (Phi) is 5.60. The zero-order valence-corrected chi connectivity index (χ0v) is 12.8. The van der Waals surface area contributed by atoms with E-state index in [0.717, 1.165) is 0 Å². The monoisotopic (exact) mass is 288 g/mol. The molecule has 1 fully saturated rings. The second-order valence-electron chi connectivity index (χ2n) is 5.90. The number of aliphatic hydroxyl groups excluding tert-OH is 1. The molecule has 2 rings (SSSR count). The molecule has 0 aliphatic carbocycles. The SMILES string of the molecule is CC1CCCC(C)N1CC(O)COc1ccccc1C#N. The molecule has 4 nitrogen and oxygen atoms in total. The number of hydrogen-bond donors (Lipinski definition) is 1. The Morgan fingerprint density at radius 2 is 2.00 bits per heavy atom. The fourth-order valence-electron chi connectivity index (χ4n) is 3.00. The average molecular weight is 288 g/mol. The minimum absolute atomic E-state index is 0.217. The van der Waals surface area contributed by atoms with Crippen molar-refractivity contribution < 1.29 is 9.84 Å². The van der Waals surface area contributed by atoms with Gasteiger partial charge in [0.2, 0.25) is 0 Å². The van der Waals surface area contributed by atoms with E-state index in [1.165, 1.54) is 19.3 Å². The highest BCUT2D eigenvalue weighted by atomic mass is 16.5. The van der Waals surface area contributed by atoms with Crippen LogP contribution in [0.5, 0.6) is 5.75 Å². The van der Waals surface area contributed by atoms with Gasteiger partial charge >= 0.3 is 0 Å². The molecule has 0 radical (unpaired) electrons. The minimum atomic E-state index is -0.542. The average Bonchev–Trinajstić information content (AvgIpc) is 2.49. The summed E-state index contributed by atoms with van der Waals surface area (Å²) in [4.78, 5) is 2.35. The Morgan fingerprint density at radius 1 is 1.33 bits per heavy atom. The van der Waals surface area contributed by atoms with Gasteiger partial charge in [0.15, 0.2) is 0 Å². The van der Waals surface area contributed by atoms with E-state index in [0.29, 0.717) is 29.9 Å². The fourth-order valence-corrected chi connectivity index (χ4v) is 3.00. The number of nitriles is 1. The van der Waals surface area contributed by atoms with E-state index < -0.39 is 6.10 Å². The number of para-hydroxylation sites is 1. The molecule has 0 aromatic heterocycles. The van der Waals surface area contributed by atoms with Crippen molar-refractivity contribution in [3.63, 3.8) is 0 Å². The van der Waals surface area contributed by atoms with Crippen LogP contribution in [0.2, 0.25) is 0 Å².